The van der Waals surface area contributed by atoms with Gasteiger partial charge in [0.1, 0.15) is 11.6 Å². The van der Waals surface area contributed by atoms with Crippen molar-refractivity contribution in [2.45, 2.75) is 25.5 Å². The molecule has 12 heteroatoms. The van der Waals surface area contributed by atoms with E-state index in [9.17, 15) is 44.8 Å². The van der Waals surface area contributed by atoms with E-state index in [1.165, 1.54) is 22.8 Å². The maximum atomic E-state index is 14.7. The number of hydrogen-bond acceptors (Lipinski definition) is 1. The highest BCUT2D eigenvalue weighted by molar-refractivity contribution is 6.11. The van der Waals surface area contributed by atoms with E-state index in [-0.39, 0.29) is 34.1 Å². The second-order valence-electron chi connectivity index (χ2n) is 12.7. The normalized spacial score (nSPS) is 12.7. The zero-order chi connectivity index (χ0) is 37.6. The molecule has 6 aromatic carbocycles. The third kappa shape index (κ3) is 5.46. The average Bonchev–Trinajstić information content (AvgIpc) is 3.61. The van der Waals surface area contributed by atoms with Gasteiger partial charge in [0.2, 0.25) is 0 Å². The summed E-state index contributed by atoms with van der Waals surface area (Å²) in [6.45, 7) is 1.84. The van der Waals surface area contributed by atoms with E-state index >= 15 is 0 Å². The molecule has 0 unspecified atom stereocenters. The average molecular weight is 728 g/mol. The van der Waals surface area contributed by atoms with Gasteiger partial charge >= 0.3 is 18.5 Å². The Bertz CT molecular complexity index is 2830. The fourth-order valence-corrected chi connectivity index (χ4v) is 7.19. The standard InChI is InChI=1S/C41H22F9N3/c1-22-10-13-29-27-6-2-4-8-33(27)52(35(29)16-22)36-17-23(26-14-11-24(39(42,43)44)19-32(26)41(48,49)50)18-37(31(36)21-51)53-34-9-5-3-7-28(34)30-15-12-25(20-38(30)53)40(45,46)47/h2-20H,1H3. The fourth-order valence-electron chi connectivity index (χ4n) is 7.19. The van der Waals surface area contributed by atoms with Gasteiger partial charge in [-0.2, -0.15) is 44.8 Å². The van der Waals surface area contributed by atoms with Crippen molar-refractivity contribution in [3.8, 4) is 28.6 Å². The van der Waals surface area contributed by atoms with E-state index in [0.29, 0.717) is 33.4 Å². The Morgan fingerprint density at radius 1 is 0.491 bits per heavy atom. The molecule has 53 heavy (non-hydrogen) atoms. The van der Waals surface area contributed by atoms with Crippen LogP contribution in [0.25, 0.3) is 66.1 Å². The van der Waals surface area contributed by atoms with E-state index in [2.05, 4.69) is 6.07 Å². The highest BCUT2D eigenvalue weighted by Crippen LogP contribution is 2.45. The number of fused-ring (bicyclic) bond motifs is 6. The summed E-state index contributed by atoms with van der Waals surface area (Å²) in [6, 6.07) is 28.4. The third-order valence-electron chi connectivity index (χ3n) is 9.48. The van der Waals surface area contributed by atoms with E-state index in [0.717, 1.165) is 34.5 Å². The molecule has 8 rings (SSSR count). The minimum atomic E-state index is -5.25. The van der Waals surface area contributed by atoms with Crippen LogP contribution in [0.4, 0.5) is 39.5 Å². The van der Waals surface area contributed by atoms with Crippen LogP contribution >= 0.6 is 0 Å². The van der Waals surface area contributed by atoms with Gasteiger partial charge in [0.05, 0.1) is 50.1 Å². The molecular formula is C41H22F9N3. The van der Waals surface area contributed by atoms with Crippen LogP contribution in [-0.4, -0.2) is 9.13 Å². The molecular weight excluding hydrogens is 705 g/mol. The SMILES string of the molecule is Cc1ccc2c3ccccc3n(-c3cc(-c4ccc(C(F)(F)F)cc4C(F)(F)F)cc(-n4c5ccccc5c5ccc(C(F)(F)F)cc54)c3C#N)c2c1. The molecule has 3 nitrogen and oxygen atoms in total. The molecule has 8 aromatic rings. The second-order valence-corrected chi connectivity index (χ2v) is 12.7. The lowest BCUT2D eigenvalue weighted by Crippen LogP contribution is -2.12. The number of alkyl halides is 9. The monoisotopic (exact) mass is 727 g/mol. The number of nitrogens with zero attached hydrogens (tertiary/aromatic N) is 3. The molecule has 0 aliphatic heterocycles. The van der Waals surface area contributed by atoms with Gasteiger partial charge in [-0.05, 0) is 78.2 Å². The summed E-state index contributed by atoms with van der Waals surface area (Å²) in [5.41, 5.74) is -2.68. The van der Waals surface area contributed by atoms with Crippen LogP contribution < -0.4 is 0 Å². The van der Waals surface area contributed by atoms with Crippen LogP contribution in [-0.2, 0) is 18.5 Å². The summed E-state index contributed by atoms with van der Waals surface area (Å²) in [7, 11) is 0. The minimum absolute atomic E-state index is 0.0159. The molecule has 0 N–H and O–H groups in total. The van der Waals surface area contributed by atoms with Crippen LogP contribution in [0, 0.1) is 18.3 Å². The molecule has 0 amide bonds. The maximum absolute atomic E-state index is 14.7. The molecule has 0 saturated carbocycles. The second kappa shape index (κ2) is 11.6. The zero-order valence-corrected chi connectivity index (χ0v) is 27.2. The predicted molar refractivity (Wildman–Crippen MR) is 185 cm³/mol. The van der Waals surface area contributed by atoms with Crippen molar-refractivity contribution in [1.82, 2.24) is 9.13 Å². The van der Waals surface area contributed by atoms with Gasteiger partial charge in [-0.3, -0.25) is 0 Å². The maximum Gasteiger partial charge on any atom is 0.417 e. The van der Waals surface area contributed by atoms with Crippen molar-refractivity contribution >= 4 is 43.6 Å². The van der Waals surface area contributed by atoms with Crippen LogP contribution in [0.1, 0.15) is 27.8 Å². The number of para-hydroxylation sites is 2. The van der Waals surface area contributed by atoms with E-state index in [1.54, 1.807) is 47.0 Å². The molecule has 0 aliphatic carbocycles. The first-order valence-corrected chi connectivity index (χ1v) is 16.0. The van der Waals surface area contributed by atoms with E-state index in [1.807, 2.05) is 31.2 Å². The molecule has 0 fully saturated rings. The fraction of sp³-hybridized carbons (Fsp3) is 0.0976. The van der Waals surface area contributed by atoms with Crippen LogP contribution in [0.2, 0.25) is 0 Å². The van der Waals surface area contributed by atoms with Crippen molar-refractivity contribution in [3.63, 3.8) is 0 Å². The van der Waals surface area contributed by atoms with Gasteiger partial charge < -0.3 is 9.13 Å². The van der Waals surface area contributed by atoms with Crippen molar-refractivity contribution < 1.29 is 39.5 Å². The number of benzene rings is 6. The summed E-state index contributed by atoms with van der Waals surface area (Å²) in [5, 5.41) is 13.3. The number of rotatable bonds is 3. The smallest absolute Gasteiger partial charge is 0.308 e. The number of halogens is 9. The molecule has 0 spiro atoms. The minimum Gasteiger partial charge on any atom is -0.308 e. The molecule has 2 aromatic heterocycles. The Balaban J connectivity index is 1.58. The van der Waals surface area contributed by atoms with Crippen molar-refractivity contribution in [3.05, 3.63) is 143 Å². The lowest BCUT2D eigenvalue weighted by atomic mass is 9.94. The number of hydrogen-bond donors (Lipinski definition) is 0. The lowest BCUT2D eigenvalue weighted by molar-refractivity contribution is -0.143. The molecule has 0 bridgehead atoms. The Labute approximate surface area is 294 Å². The summed E-state index contributed by atoms with van der Waals surface area (Å²) < 4.78 is 131. The van der Waals surface area contributed by atoms with Crippen molar-refractivity contribution in [2.24, 2.45) is 0 Å². The van der Waals surface area contributed by atoms with Crippen LogP contribution in [0.3, 0.4) is 0 Å². The highest BCUT2D eigenvalue weighted by Gasteiger charge is 2.39. The van der Waals surface area contributed by atoms with E-state index in [4.69, 9.17) is 0 Å². The summed E-state index contributed by atoms with van der Waals surface area (Å²) in [6.07, 6.45) is -15.1. The largest absolute Gasteiger partial charge is 0.417 e. The third-order valence-corrected chi connectivity index (χ3v) is 9.48. The molecule has 0 aliphatic rings. The quantitative estimate of drug-likeness (QED) is 0.167. The number of nitriles is 1. The number of aryl methyl sites for hydroxylation is 1. The van der Waals surface area contributed by atoms with Gasteiger partial charge in [0, 0.05) is 21.5 Å². The molecule has 264 valence electrons. The predicted octanol–water partition coefficient (Wildman–Crippen LogP) is 12.8. The Hall–Kier alpha value is -6.22. The van der Waals surface area contributed by atoms with Crippen molar-refractivity contribution in [2.75, 3.05) is 0 Å². The Kier molecular flexibility index (Phi) is 7.45. The van der Waals surface area contributed by atoms with Gasteiger partial charge in [0.25, 0.3) is 0 Å². The molecule has 2 heterocycles. The first-order valence-electron chi connectivity index (χ1n) is 16.0. The first kappa shape index (κ1) is 33.9. The number of aromatic nitrogens is 2. The van der Waals surface area contributed by atoms with Gasteiger partial charge in [0.15, 0.2) is 0 Å². The lowest BCUT2D eigenvalue weighted by Gasteiger charge is -2.21. The Morgan fingerprint density at radius 3 is 1.49 bits per heavy atom. The topological polar surface area (TPSA) is 33.6 Å². The highest BCUT2D eigenvalue weighted by atomic mass is 19.4. The Morgan fingerprint density at radius 2 is 0.962 bits per heavy atom. The van der Waals surface area contributed by atoms with Gasteiger partial charge in [-0.1, -0.05) is 60.7 Å². The summed E-state index contributed by atoms with van der Waals surface area (Å²) >= 11 is 0. The van der Waals surface area contributed by atoms with Crippen LogP contribution in [0.5, 0.6) is 0 Å². The van der Waals surface area contributed by atoms with Gasteiger partial charge in [-0.25, -0.2) is 0 Å². The van der Waals surface area contributed by atoms with Crippen LogP contribution in [0.15, 0.2) is 115 Å². The molecule has 0 atom stereocenters. The first-order chi connectivity index (χ1) is 25.1. The van der Waals surface area contributed by atoms with E-state index < -0.39 is 40.8 Å². The molecule has 0 radical (unpaired) electrons. The van der Waals surface area contributed by atoms with Crippen molar-refractivity contribution in [1.29, 1.82) is 5.26 Å². The van der Waals surface area contributed by atoms with Gasteiger partial charge in [-0.15, -0.1) is 0 Å². The zero-order valence-electron chi connectivity index (χ0n) is 27.2. The summed E-state index contributed by atoms with van der Waals surface area (Å²) in [5.74, 6) is 0. The summed E-state index contributed by atoms with van der Waals surface area (Å²) in [4.78, 5) is 0. The molecule has 0 saturated heterocycles.